The fourth-order valence-corrected chi connectivity index (χ4v) is 6.28. The summed E-state index contributed by atoms with van der Waals surface area (Å²) >= 11 is 0. The summed E-state index contributed by atoms with van der Waals surface area (Å²) < 4.78 is 0. The van der Waals surface area contributed by atoms with E-state index in [2.05, 4.69) is 72.7 Å². The topological polar surface area (TPSA) is 44.7 Å². The van der Waals surface area contributed by atoms with Gasteiger partial charge in [0.1, 0.15) is 5.54 Å². The molecule has 0 spiro atoms. The first-order valence-electron chi connectivity index (χ1n) is 11.7. The number of benzene rings is 2. The third kappa shape index (κ3) is 3.71. The monoisotopic (exact) mass is 415 g/mol. The van der Waals surface area contributed by atoms with Gasteiger partial charge in [0.25, 0.3) is 0 Å². The maximum Gasteiger partial charge on any atom is 0.248 e. The number of aliphatic imine (C=N–C) groups is 1. The molecule has 4 aliphatic rings. The summed E-state index contributed by atoms with van der Waals surface area (Å²) in [5, 5.41) is 3.25. The number of carbonyl (C=O) groups is 1. The van der Waals surface area contributed by atoms with Gasteiger partial charge in [-0.05, 0) is 35.8 Å². The summed E-state index contributed by atoms with van der Waals surface area (Å²) in [6, 6.07) is 21.2. The molecule has 6 rings (SSSR count). The number of amides is 1. The Balaban J connectivity index is 1.46. The first-order chi connectivity index (χ1) is 15.1. The normalized spacial score (nSPS) is 31.3. The van der Waals surface area contributed by atoms with E-state index in [-0.39, 0.29) is 11.8 Å². The maximum absolute atomic E-state index is 13.8. The van der Waals surface area contributed by atoms with Crippen molar-refractivity contribution in [3.63, 3.8) is 0 Å². The average Bonchev–Trinajstić information content (AvgIpc) is 3.08. The molecule has 5 unspecified atom stereocenters. The molecule has 1 amide bonds. The van der Waals surface area contributed by atoms with Crippen LogP contribution in [0.4, 0.5) is 0 Å². The van der Waals surface area contributed by atoms with E-state index in [1.165, 1.54) is 5.56 Å². The van der Waals surface area contributed by atoms with Crippen molar-refractivity contribution in [2.45, 2.75) is 44.8 Å². The van der Waals surface area contributed by atoms with Crippen LogP contribution in [-0.2, 0) is 17.8 Å². The van der Waals surface area contributed by atoms with Crippen LogP contribution in [0.25, 0.3) is 0 Å². The first kappa shape index (κ1) is 20.4. The van der Waals surface area contributed by atoms with Gasteiger partial charge < -0.3 is 5.32 Å². The lowest BCUT2D eigenvalue weighted by Crippen LogP contribution is -2.64. The van der Waals surface area contributed by atoms with E-state index >= 15 is 0 Å². The Morgan fingerprint density at radius 3 is 2.45 bits per heavy atom. The van der Waals surface area contributed by atoms with Crippen LogP contribution >= 0.6 is 0 Å². The molecule has 1 saturated carbocycles. The van der Waals surface area contributed by atoms with Gasteiger partial charge in [-0.15, -0.1) is 0 Å². The lowest BCUT2D eigenvalue weighted by Gasteiger charge is -2.51. The highest BCUT2D eigenvalue weighted by Gasteiger charge is 2.63. The van der Waals surface area contributed by atoms with Crippen LogP contribution < -0.4 is 5.32 Å². The van der Waals surface area contributed by atoms with Gasteiger partial charge in [-0.25, -0.2) is 0 Å². The highest BCUT2D eigenvalue weighted by Crippen LogP contribution is 2.54. The zero-order valence-corrected chi connectivity index (χ0v) is 18.6. The Morgan fingerprint density at radius 1 is 1.10 bits per heavy atom. The predicted octanol–water partition coefficient (Wildman–Crippen LogP) is 3.96. The highest BCUT2D eigenvalue weighted by molar-refractivity contribution is 5.91. The van der Waals surface area contributed by atoms with Gasteiger partial charge in [0, 0.05) is 43.7 Å². The van der Waals surface area contributed by atoms with Crippen LogP contribution in [0.2, 0.25) is 0 Å². The van der Waals surface area contributed by atoms with E-state index in [1.807, 2.05) is 18.2 Å². The van der Waals surface area contributed by atoms with Gasteiger partial charge in [0.15, 0.2) is 0 Å². The van der Waals surface area contributed by atoms with Crippen molar-refractivity contribution < 1.29 is 4.79 Å². The summed E-state index contributed by atoms with van der Waals surface area (Å²) in [7, 11) is 0. The highest BCUT2D eigenvalue weighted by atomic mass is 16.2. The summed E-state index contributed by atoms with van der Waals surface area (Å²) in [5.74, 6) is 1.95. The van der Waals surface area contributed by atoms with Crippen LogP contribution in [0.1, 0.15) is 31.4 Å². The summed E-state index contributed by atoms with van der Waals surface area (Å²) in [6.45, 7) is 7.34. The van der Waals surface area contributed by atoms with Crippen LogP contribution in [-0.4, -0.2) is 41.7 Å². The number of nitrogens with one attached hydrogen (secondary N) is 1. The van der Waals surface area contributed by atoms with E-state index in [0.717, 1.165) is 31.5 Å². The lowest BCUT2D eigenvalue weighted by molar-refractivity contribution is -0.132. The van der Waals surface area contributed by atoms with E-state index < -0.39 is 5.54 Å². The minimum Gasteiger partial charge on any atom is -0.350 e. The van der Waals surface area contributed by atoms with Crippen LogP contribution in [0, 0.1) is 23.7 Å². The molecule has 31 heavy (non-hydrogen) atoms. The molecule has 162 valence electrons. The Kier molecular flexibility index (Phi) is 5.43. The molecule has 1 N–H and O–H groups in total. The number of rotatable bonds is 7. The van der Waals surface area contributed by atoms with Crippen LogP contribution in [0.15, 0.2) is 65.7 Å². The van der Waals surface area contributed by atoms with E-state index in [9.17, 15) is 4.79 Å². The Labute approximate surface area is 185 Å². The zero-order chi connectivity index (χ0) is 21.4. The fourth-order valence-electron chi connectivity index (χ4n) is 6.28. The fraction of sp³-hybridized carbons (Fsp3) is 0.481. The molecule has 4 heteroatoms. The molecule has 4 nitrogen and oxygen atoms in total. The van der Waals surface area contributed by atoms with Crippen LogP contribution in [0.5, 0.6) is 0 Å². The SMILES string of the molecule is CC(C)CN1CC2CC3(C(=O)NCc4ccccc4)N=CC2C1C3Cc1ccccc1. The minimum atomic E-state index is -0.652. The number of carbonyl (C=O) groups excluding carboxylic acids is 1. The van der Waals surface area contributed by atoms with Gasteiger partial charge in [-0.3, -0.25) is 14.7 Å². The van der Waals surface area contributed by atoms with Crippen molar-refractivity contribution in [2.24, 2.45) is 28.7 Å². The molecule has 0 radical (unpaired) electrons. The van der Waals surface area contributed by atoms with Gasteiger partial charge >= 0.3 is 0 Å². The van der Waals surface area contributed by atoms with Crippen LogP contribution in [0.3, 0.4) is 0 Å². The third-order valence-electron chi connectivity index (χ3n) is 7.49. The molecule has 2 aromatic carbocycles. The average molecular weight is 416 g/mol. The maximum atomic E-state index is 13.8. The Hall–Kier alpha value is -2.46. The summed E-state index contributed by atoms with van der Waals surface area (Å²) in [6.07, 6.45) is 3.92. The first-order valence-corrected chi connectivity index (χ1v) is 11.7. The van der Waals surface area contributed by atoms with Crippen molar-refractivity contribution in [3.05, 3.63) is 71.8 Å². The van der Waals surface area contributed by atoms with Crippen molar-refractivity contribution in [1.29, 1.82) is 0 Å². The Bertz CT molecular complexity index is 941. The molecule has 4 bridgehead atoms. The molecule has 1 saturated heterocycles. The molecule has 3 heterocycles. The molecule has 0 aromatic heterocycles. The van der Waals surface area contributed by atoms with Gasteiger partial charge in [0.05, 0.1) is 0 Å². The summed E-state index contributed by atoms with van der Waals surface area (Å²) in [4.78, 5) is 21.4. The standard InChI is InChI=1S/C27H33N3O/c1-19(2)17-30-18-22-14-27(26(31)28-15-21-11-7-4-8-12-21)24(25(30)23(22)16-29-27)13-20-9-5-3-6-10-20/h3-12,16,19,22-25H,13-15,17-18H2,1-2H3,(H,28,31). The predicted molar refractivity (Wildman–Crippen MR) is 125 cm³/mol. The van der Waals surface area contributed by atoms with E-state index in [1.54, 1.807) is 0 Å². The largest absolute Gasteiger partial charge is 0.350 e. The van der Waals surface area contributed by atoms with Crippen molar-refractivity contribution in [1.82, 2.24) is 10.2 Å². The van der Waals surface area contributed by atoms with Gasteiger partial charge in [-0.1, -0.05) is 74.5 Å². The smallest absolute Gasteiger partial charge is 0.248 e. The summed E-state index contributed by atoms with van der Waals surface area (Å²) in [5.41, 5.74) is 1.78. The number of likely N-dealkylation sites (tertiary alicyclic amines) is 1. The number of nitrogens with zero attached hydrogens (tertiary/aromatic N) is 2. The molecule has 2 fully saturated rings. The van der Waals surface area contributed by atoms with Gasteiger partial charge in [0.2, 0.25) is 5.91 Å². The zero-order valence-electron chi connectivity index (χ0n) is 18.6. The molecule has 2 aromatic rings. The van der Waals surface area contributed by atoms with E-state index in [4.69, 9.17) is 4.99 Å². The minimum absolute atomic E-state index is 0.105. The second kappa shape index (κ2) is 8.23. The second-order valence-electron chi connectivity index (χ2n) is 10.0. The lowest BCUT2D eigenvalue weighted by atomic mass is 9.59. The molecule has 3 aliphatic heterocycles. The number of hydrogen-bond acceptors (Lipinski definition) is 3. The molecule has 5 atom stereocenters. The molecule has 1 aliphatic carbocycles. The molecular formula is C27H33N3O. The molecular weight excluding hydrogens is 382 g/mol. The second-order valence-corrected chi connectivity index (χ2v) is 10.0. The third-order valence-corrected chi connectivity index (χ3v) is 7.49. The quantitative estimate of drug-likeness (QED) is 0.744. The van der Waals surface area contributed by atoms with Crippen molar-refractivity contribution in [2.75, 3.05) is 13.1 Å². The van der Waals surface area contributed by atoms with Gasteiger partial charge in [-0.2, -0.15) is 0 Å². The van der Waals surface area contributed by atoms with Crippen molar-refractivity contribution in [3.8, 4) is 0 Å². The number of hydrogen-bond donors (Lipinski definition) is 1. The van der Waals surface area contributed by atoms with Crippen molar-refractivity contribution >= 4 is 12.1 Å². The Morgan fingerprint density at radius 2 is 1.77 bits per heavy atom. The van der Waals surface area contributed by atoms with E-state index in [0.29, 0.717) is 30.3 Å².